The third kappa shape index (κ3) is 5.71. The molecule has 0 aromatic heterocycles. The third-order valence-corrected chi connectivity index (χ3v) is 8.63. The Kier molecular flexibility index (Phi) is 8.61. The zero-order valence-electron chi connectivity index (χ0n) is 21.5. The molecule has 1 aliphatic heterocycles. The van der Waals surface area contributed by atoms with Crippen LogP contribution in [0.3, 0.4) is 0 Å². The number of nitrogens with zero attached hydrogens (tertiary/aromatic N) is 2. The summed E-state index contributed by atoms with van der Waals surface area (Å²) >= 11 is 0. The summed E-state index contributed by atoms with van der Waals surface area (Å²) in [5.41, 5.74) is 1.79. The lowest BCUT2D eigenvalue weighted by molar-refractivity contribution is -0.786. The first kappa shape index (κ1) is 27.2. The molecule has 3 aliphatic rings. The van der Waals surface area contributed by atoms with Gasteiger partial charge in [0, 0.05) is 12.8 Å². The predicted octanol–water partition coefficient (Wildman–Crippen LogP) is 3.02. The van der Waals surface area contributed by atoms with E-state index >= 15 is 0 Å². The molecule has 10 heteroatoms. The van der Waals surface area contributed by atoms with E-state index in [2.05, 4.69) is 10.6 Å². The van der Waals surface area contributed by atoms with E-state index in [-0.39, 0.29) is 31.4 Å². The number of likely N-dealkylation sites (tertiary alicyclic amines) is 1. The van der Waals surface area contributed by atoms with Gasteiger partial charge in [-0.05, 0) is 43.2 Å². The number of carbonyl (C=O) groups is 4. The molecular weight excluding hydrogens is 476 g/mol. The number of aliphatic hydroxyl groups is 1. The Balaban J connectivity index is 1.48. The molecule has 10 nitrogen and oxygen atoms in total. The van der Waals surface area contributed by atoms with Crippen molar-refractivity contribution >= 4 is 24.4 Å². The average Bonchev–Trinajstić information content (AvgIpc) is 3.55. The molecule has 3 unspecified atom stereocenters. The molecule has 5 atom stereocenters. The first-order chi connectivity index (χ1) is 17.8. The number of aliphatic hydroxyl groups excluding tert-OH is 1. The first-order valence-corrected chi connectivity index (χ1v) is 13.5. The second-order valence-electron chi connectivity index (χ2n) is 10.9. The zero-order chi connectivity index (χ0) is 26.6. The minimum Gasteiger partial charge on any atom is -0.386 e. The molecule has 4 rings (SSSR count). The number of aryl methyl sites for hydroxylation is 1. The number of nitrogens with one attached hydrogen (secondary N) is 2. The summed E-state index contributed by atoms with van der Waals surface area (Å²) in [6.07, 6.45) is 6.50. The highest BCUT2D eigenvalue weighted by Crippen LogP contribution is 2.36. The van der Waals surface area contributed by atoms with Crippen LogP contribution in [-0.4, -0.2) is 69.4 Å². The van der Waals surface area contributed by atoms with Crippen molar-refractivity contribution in [1.82, 2.24) is 15.7 Å². The van der Waals surface area contributed by atoms with Gasteiger partial charge >= 0.3 is 18.0 Å². The lowest BCUT2D eigenvalue weighted by Gasteiger charge is -2.36. The molecule has 1 saturated heterocycles. The van der Waals surface area contributed by atoms with E-state index in [1.54, 1.807) is 0 Å². The summed E-state index contributed by atoms with van der Waals surface area (Å²) in [4.78, 5) is 51.7. The van der Waals surface area contributed by atoms with Crippen LogP contribution in [0, 0.1) is 11.8 Å². The van der Waals surface area contributed by atoms with E-state index in [0.717, 1.165) is 36.8 Å². The molecule has 4 N–H and O–H groups in total. The molecule has 0 spiro atoms. The number of imide groups is 2. The van der Waals surface area contributed by atoms with Gasteiger partial charge in [0.15, 0.2) is 0 Å². The number of carbonyl (C=O) groups excluding carboxylic acids is 4. The van der Waals surface area contributed by atoms with E-state index in [0.29, 0.717) is 43.1 Å². The van der Waals surface area contributed by atoms with Gasteiger partial charge < -0.3 is 10.4 Å². The van der Waals surface area contributed by atoms with Crippen LogP contribution in [0.15, 0.2) is 24.3 Å². The average molecular weight is 516 g/mol. The number of hydrogen-bond acceptors (Lipinski definition) is 6. The molecule has 1 aromatic carbocycles. The normalized spacial score (nSPS) is 28.2. The van der Waals surface area contributed by atoms with E-state index in [1.807, 2.05) is 31.2 Å². The van der Waals surface area contributed by atoms with Crippen LogP contribution < -0.4 is 10.6 Å². The van der Waals surface area contributed by atoms with E-state index in [1.165, 1.54) is 0 Å². The van der Waals surface area contributed by atoms with Crippen LogP contribution in [0.25, 0.3) is 0 Å². The van der Waals surface area contributed by atoms with Gasteiger partial charge in [-0.3, -0.25) is 10.0 Å². The number of rotatable bonds is 7. The Labute approximate surface area is 217 Å². The summed E-state index contributed by atoms with van der Waals surface area (Å²) in [6, 6.07) is 5.17. The predicted molar refractivity (Wildman–Crippen MR) is 134 cm³/mol. The minimum absolute atomic E-state index is 0.182. The number of urea groups is 2. The molecule has 6 amide bonds. The van der Waals surface area contributed by atoms with Gasteiger partial charge in [-0.15, -0.1) is 0 Å². The van der Waals surface area contributed by atoms with Crippen LogP contribution in [0.2, 0.25) is 0 Å². The fourth-order valence-electron chi connectivity index (χ4n) is 6.59. The van der Waals surface area contributed by atoms with Crippen molar-refractivity contribution in [3.8, 4) is 0 Å². The Hall–Kier alpha value is -2.82. The number of amides is 6. The lowest BCUT2D eigenvalue weighted by Crippen LogP contribution is -2.66. The van der Waals surface area contributed by atoms with Crippen molar-refractivity contribution in [2.75, 3.05) is 13.1 Å². The fraction of sp³-hybridized carbons (Fsp3) is 0.630. The maximum absolute atomic E-state index is 14.0. The number of quaternary nitrogens is 1. The highest BCUT2D eigenvalue weighted by atomic mass is 16.5. The Morgan fingerprint density at radius 3 is 2.54 bits per heavy atom. The topological polar surface area (TPSA) is 136 Å². The first-order valence-electron chi connectivity index (χ1n) is 13.5. The van der Waals surface area contributed by atoms with Crippen LogP contribution >= 0.6 is 0 Å². The van der Waals surface area contributed by atoms with Crippen LogP contribution in [0.5, 0.6) is 0 Å². The molecule has 37 heavy (non-hydrogen) atoms. The van der Waals surface area contributed by atoms with E-state index < -0.39 is 34.6 Å². The maximum atomic E-state index is 14.0. The van der Waals surface area contributed by atoms with Crippen LogP contribution in [0.4, 0.5) is 9.59 Å². The second-order valence-corrected chi connectivity index (χ2v) is 10.9. The second kappa shape index (κ2) is 11.7. The Bertz CT molecular complexity index is 1010. The number of fused-ring (bicyclic) bond motifs is 1. The van der Waals surface area contributed by atoms with E-state index in [9.17, 15) is 29.5 Å². The van der Waals surface area contributed by atoms with Crippen molar-refractivity contribution < 1.29 is 34.0 Å². The minimum atomic E-state index is -0.893. The molecule has 1 heterocycles. The molecule has 202 valence electrons. The van der Waals surface area contributed by atoms with Crippen molar-refractivity contribution in [2.24, 2.45) is 11.8 Å². The quantitative estimate of drug-likeness (QED) is 0.191. The molecule has 1 saturated carbocycles. The van der Waals surface area contributed by atoms with Crippen molar-refractivity contribution in [3.05, 3.63) is 35.4 Å². The Morgan fingerprint density at radius 1 is 1.14 bits per heavy atom. The monoisotopic (exact) mass is 515 g/mol. The van der Waals surface area contributed by atoms with E-state index in [4.69, 9.17) is 0 Å². The van der Waals surface area contributed by atoms with Gasteiger partial charge in [-0.2, -0.15) is 4.48 Å². The van der Waals surface area contributed by atoms with Crippen LogP contribution in [-0.2, 0) is 16.0 Å². The van der Waals surface area contributed by atoms with Crippen molar-refractivity contribution in [2.45, 2.75) is 82.9 Å². The van der Waals surface area contributed by atoms with Crippen molar-refractivity contribution in [3.63, 3.8) is 0 Å². The maximum Gasteiger partial charge on any atom is 0.432 e. The summed E-state index contributed by atoms with van der Waals surface area (Å²) in [5.74, 6) is -0.784. The Morgan fingerprint density at radius 2 is 1.86 bits per heavy atom. The van der Waals surface area contributed by atoms with Gasteiger partial charge in [0.1, 0.15) is 6.04 Å². The number of hydroxylamine groups is 2. The number of benzene rings is 1. The lowest BCUT2D eigenvalue weighted by atomic mass is 9.86. The third-order valence-electron chi connectivity index (χ3n) is 8.63. The highest BCUT2D eigenvalue weighted by Gasteiger charge is 2.55. The molecular formula is C27H39N4O6+. The van der Waals surface area contributed by atoms with Gasteiger partial charge in [0.05, 0.1) is 31.2 Å². The number of hydrogen-bond donors (Lipinski definition) is 4. The SMILES string of the molecule is C[C@@H]1CCC[N+]1(C(=O)NC(=O)NC1CCc2ccccc2C1O)C(=O)[C@H](CC1CCCC1)CN(O)C=O. The van der Waals surface area contributed by atoms with Gasteiger partial charge in [0.25, 0.3) is 0 Å². The van der Waals surface area contributed by atoms with Gasteiger partial charge in [-0.25, -0.2) is 24.8 Å². The fourth-order valence-corrected chi connectivity index (χ4v) is 6.59. The summed E-state index contributed by atoms with van der Waals surface area (Å²) < 4.78 is -0.534. The summed E-state index contributed by atoms with van der Waals surface area (Å²) in [6.45, 7) is 1.90. The summed E-state index contributed by atoms with van der Waals surface area (Å²) in [5, 5.41) is 26.3. The van der Waals surface area contributed by atoms with Crippen molar-refractivity contribution in [1.29, 1.82) is 0 Å². The zero-order valence-corrected chi connectivity index (χ0v) is 21.5. The van der Waals surface area contributed by atoms with Crippen LogP contribution in [0.1, 0.15) is 75.5 Å². The standard InChI is InChI=1S/C27H38N4O6/c1-18-7-6-14-31(18,25(34)21(16-30(37)17-32)15-19-8-2-3-9-19)27(36)29-26(35)28-23-13-12-20-10-4-5-11-22(20)24(23)33/h4-5,10-11,17-19,21,23-24,33,37H,2-3,6-9,12-16H2,1H3,(H-,28,29,35,36)/p+1/t18-,21-,23?,24?,31?/m1/s1. The molecule has 2 aliphatic carbocycles. The molecule has 0 radical (unpaired) electrons. The van der Waals surface area contributed by atoms with Gasteiger partial charge in [-0.1, -0.05) is 49.9 Å². The largest absolute Gasteiger partial charge is 0.432 e. The highest BCUT2D eigenvalue weighted by molar-refractivity contribution is 5.95. The molecule has 2 fully saturated rings. The smallest absolute Gasteiger partial charge is 0.386 e. The molecule has 1 aromatic rings. The molecule has 0 bridgehead atoms. The van der Waals surface area contributed by atoms with Gasteiger partial charge in [0.2, 0.25) is 6.41 Å². The summed E-state index contributed by atoms with van der Waals surface area (Å²) in [7, 11) is 0.